The van der Waals surface area contributed by atoms with Crippen molar-refractivity contribution in [2.24, 2.45) is 0 Å². The van der Waals surface area contributed by atoms with Gasteiger partial charge in [-0.2, -0.15) is 8.42 Å². The van der Waals surface area contributed by atoms with Gasteiger partial charge in [-0.05, 0) is 21.0 Å². The van der Waals surface area contributed by atoms with Gasteiger partial charge in [0, 0.05) is 13.7 Å². The summed E-state index contributed by atoms with van der Waals surface area (Å²) in [6, 6.07) is 0. The van der Waals surface area contributed by atoms with Crippen LogP contribution in [-0.4, -0.2) is 58.0 Å². The molecule has 0 rings (SSSR count). The number of nitrogens with zero attached hydrogens (tertiary/aromatic N) is 1. The first-order valence-electron chi connectivity index (χ1n) is 3.92. The van der Waals surface area contributed by atoms with Crippen molar-refractivity contribution in [3.8, 4) is 0 Å². The molecule has 0 aliphatic carbocycles. The molecule has 82 valence electrons. The molecule has 0 saturated heterocycles. The molecular formula is C7H19NO4S. The minimum atomic E-state index is -3.66. The summed E-state index contributed by atoms with van der Waals surface area (Å²) in [6.07, 6.45) is 0. The average Bonchev–Trinajstić information content (AvgIpc) is 2.01. The summed E-state index contributed by atoms with van der Waals surface area (Å²) in [7, 11) is 2.10. The summed E-state index contributed by atoms with van der Waals surface area (Å²) in [4.78, 5) is 2.09. The molecule has 0 aliphatic rings. The Morgan fingerprint density at radius 2 is 1.77 bits per heavy atom. The second-order valence-electron chi connectivity index (χ2n) is 2.67. The second kappa shape index (κ2) is 8.43. The molecule has 0 radical (unpaired) electrons. The largest absolute Gasteiger partial charge is 0.383 e. The molecule has 0 fully saturated rings. The Hall–Kier alpha value is -0.170. The lowest BCUT2D eigenvalue weighted by molar-refractivity contribution is 0.172. The van der Waals surface area contributed by atoms with Crippen LogP contribution in [0.4, 0.5) is 0 Å². The van der Waals surface area contributed by atoms with Crippen molar-refractivity contribution in [2.45, 2.75) is 6.92 Å². The third kappa shape index (κ3) is 24.5. The van der Waals surface area contributed by atoms with E-state index in [9.17, 15) is 8.42 Å². The van der Waals surface area contributed by atoms with Gasteiger partial charge in [0.1, 0.15) is 0 Å². The molecule has 0 atom stereocenters. The lowest BCUT2D eigenvalue weighted by atomic mass is 10.6. The molecular weight excluding hydrogens is 194 g/mol. The predicted octanol–water partition coefficient (Wildman–Crippen LogP) is 0.0885. The van der Waals surface area contributed by atoms with E-state index in [4.69, 9.17) is 9.29 Å². The number of ether oxygens (including phenoxy) is 1. The average molecular weight is 213 g/mol. The van der Waals surface area contributed by atoms with E-state index >= 15 is 0 Å². The monoisotopic (exact) mass is 213 g/mol. The first kappa shape index (κ1) is 15.3. The Balaban J connectivity index is 0. The molecule has 0 aromatic heterocycles. The zero-order valence-electron chi connectivity index (χ0n) is 8.65. The molecule has 0 heterocycles. The minimum Gasteiger partial charge on any atom is -0.383 e. The van der Waals surface area contributed by atoms with E-state index in [2.05, 4.69) is 4.90 Å². The summed E-state index contributed by atoms with van der Waals surface area (Å²) in [5.41, 5.74) is 0. The van der Waals surface area contributed by atoms with E-state index in [0.717, 1.165) is 13.2 Å². The number of hydrogen-bond acceptors (Lipinski definition) is 4. The number of rotatable bonds is 4. The van der Waals surface area contributed by atoms with E-state index in [-0.39, 0.29) is 5.75 Å². The Morgan fingerprint density at radius 1 is 1.38 bits per heavy atom. The predicted molar refractivity (Wildman–Crippen MR) is 52.5 cm³/mol. The fourth-order valence-corrected chi connectivity index (χ4v) is 0.274. The van der Waals surface area contributed by atoms with Gasteiger partial charge in [0.05, 0.1) is 12.4 Å². The molecule has 13 heavy (non-hydrogen) atoms. The van der Waals surface area contributed by atoms with Crippen molar-refractivity contribution >= 4 is 10.1 Å². The Kier molecular flexibility index (Phi) is 9.93. The van der Waals surface area contributed by atoms with Crippen LogP contribution in [0.3, 0.4) is 0 Å². The van der Waals surface area contributed by atoms with E-state index in [1.165, 1.54) is 6.92 Å². The Bertz CT molecular complexity index is 189. The quantitative estimate of drug-likeness (QED) is 0.670. The smallest absolute Gasteiger partial charge is 0.264 e. The van der Waals surface area contributed by atoms with Crippen LogP contribution in [0.1, 0.15) is 6.92 Å². The van der Waals surface area contributed by atoms with Gasteiger partial charge in [0.25, 0.3) is 10.1 Å². The van der Waals surface area contributed by atoms with E-state index < -0.39 is 10.1 Å². The highest BCUT2D eigenvalue weighted by molar-refractivity contribution is 7.85. The third-order valence-electron chi connectivity index (χ3n) is 1.11. The van der Waals surface area contributed by atoms with Crippen LogP contribution in [0.15, 0.2) is 0 Å². The van der Waals surface area contributed by atoms with Gasteiger partial charge in [-0.1, -0.05) is 0 Å². The summed E-state index contributed by atoms with van der Waals surface area (Å²) in [5.74, 6) is -0.201. The van der Waals surface area contributed by atoms with Gasteiger partial charge in [0.15, 0.2) is 0 Å². The lowest BCUT2D eigenvalue weighted by Crippen LogP contribution is -2.16. The van der Waals surface area contributed by atoms with Crippen molar-refractivity contribution in [2.75, 3.05) is 40.1 Å². The zero-order chi connectivity index (χ0) is 10.9. The summed E-state index contributed by atoms with van der Waals surface area (Å²) < 4.78 is 31.7. The molecule has 0 unspecified atom stereocenters. The first-order chi connectivity index (χ1) is 5.83. The van der Waals surface area contributed by atoms with E-state index in [1.54, 1.807) is 7.11 Å². The van der Waals surface area contributed by atoms with Gasteiger partial charge < -0.3 is 9.64 Å². The van der Waals surface area contributed by atoms with Crippen molar-refractivity contribution in [1.29, 1.82) is 0 Å². The fraction of sp³-hybridized carbons (Fsp3) is 1.00. The normalized spacial score (nSPS) is 10.9. The number of hydrogen-bond donors (Lipinski definition) is 1. The summed E-state index contributed by atoms with van der Waals surface area (Å²) >= 11 is 0. The van der Waals surface area contributed by atoms with Gasteiger partial charge in [0.2, 0.25) is 0 Å². The second-order valence-corrected chi connectivity index (χ2v) is 4.41. The molecule has 0 spiro atoms. The maximum absolute atomic E-state index is 9.56. The molecule has 5 nitrogen and oxygen atoms in total. The fourth-order valence-electron chi connectivity index (χ4n) is 0.274. The number of methoxy groups -OCH3 is 1. The van der Waals surface area contributed by atoms with E-state index in [0.29, 0.717) is 0 Å². The highest BCUT2D eigenvalue weighted by Gasteiger charge is 1.93. The van der Waals surface area contributed by atoms with Gasteiger partial charge >= 0.3 is 0 Å². The van der Waals surface area contributed by atoms with Gasteiger partial charge in [-0.15, -0.1) is 0 Å². The van der Waals surface area contributed by atoms with Crippen LogP contribution in [0.2, 0.25) is 0 Å². The van der Waals surface area contributed by atoms with Crippen LogP contribution >= 0.6 is 0 Å². The molecule has 0 bridgehead atoms. The number of likely N-dealkylation sites (N-methyl/N-ethyl adjacent to an activating group) is 1. The molecule has 6 heteroatoms. The third-order valence-corrected chi connectivity index (χ3v) is 1.84. The molecule has 0 aromatic rings. The zero-order valence-corrected chi connectivity index (χ0v) is 9.47. The summed E-state index contributed by atoms with van der Waals surface area (Å²) in [5, 5.41) is 0. The van der Waals surface area contributed by atoms with Crippen molar-refractivity contribution < 1.29 is 17.7 Å². The maximum atomic E-state index is 9.56. The minimum absolute atomic E-state index is 0.201. The maximum Gasteiger partial charge on any atom is 0.264 e. The molecule has 0 aliphatic heterocycles. The first-order valence-corrected chi connectivity index (χ1v) is 5.53. The van der Waals surface area contributed by atoms with Gasteiger partial charge in [-0.25, -0.2) is 0 Å². The molecule has 0 aromatic carbocycles. The van der Waals surface area contributed by atoms with Crippen LogP contribution in [0, 0.1) is 0 Å². The summed E-state index contributed by atoms with van der Waals surface area (Å²) in [6.45, 7) is 3.21. The lowest BCUT2D eigenvalue weighted by Gasteiger charge is -2.06. The van der Waals surface area contributed by atoms with Gasteiger partial charge in [-0.3, -0.25) is 4.55 Å². The Labute approximate surface area is 80.4 Å². The molecule has 0 amide bonds. The van der Waals surface area contributed by atoms with Crippen LogP contribution in [0.5, 0.6) is 0 Å². The van der Waals surface area contributed by atoms with Crippen LogP contribution < -0.4 is 0 Å². The highest BCUT2D eigenvalue weighted by atomic mass is 32.2. The highest BCUT2D eigenvalue weighted by Crippen LogP contribution is 1.74. The molecule has 1 N–H and O–H groups in total. The topological polar surface area (TPSA) is 66.8 Å². The van der Waals surface area contributed by atoms with E-state index in [1.807, 2.05) is 14.1 Å². The van der Waals surface area contributed by atoms with Crippen molar-refractivity contribution in [1.82, 2.24) is 4.90 Å². The molecule has 0 saturated carbocycles. The SMILES string of the molecule is CCS(=O)(=O)O.COCCN(C)C. The van der Waals surface area contributed by atoms with Crippen LogP contribution in [0.25, 0.3) is 0 Å². The van der Waals surface area contributed by atoms with Crippen molar-refractivity contribution in [3.05, 3.63) is 0 Å². The van der Waals surface area contributed by atoms with Crippen molar-refractivity contribution in [3.63, 3.8) is 0 Å². The standard InChI is InChI=1S/C5H13NO.C2H6O3S/c1-6(2)4-5-7-3;1-2-6(3,4)5/h4-5H2,1-3H3;2H2,1H3,(H,3,4,5). The Morgan fingerprint density at radius 3 is 1.85 bits per heavy atom. The van der Waals surface area contributed by atoms with Crippen LogP contribution in [-0.2, 0) is 14.9 Å².